The van der Waals surface area contributed by atoms with Crippen molar-refractivity contribution in [1.82, 2.24) is 14.7 Å². The van der Waals surface area contributed by atoms with Gasteiger partial charge in [0, 0.05) is 59.4 Å². The summed E-state index contributed by atoms with van der Waals surface area (Å²) in [6, 6.07) is 0. The Labute approximate surface area is 163 Å². The van der Waals surface area contributed by atoms with E-state index in [0.717, 1.165) is 77.9 Å². The van der Waals surface area contributed by atoms with Crippen LogP contribution in [0.5, 0.6) is 0 Å². The van der Waals surface area contributed by atoms with Gasteiger partial charge in [0.1, 0.15) is 0 Å². The Morgan fingerprint density at radius 1 is 1.04 bits per heavy atom. The van der Waals surface area contributed by atoms with E-state index in [1.807, 2.05) is 14.1 Å². The molecule has 0 aromatic heterocycles. The summed E-state index contributed by atoms with van der Waals surface area (Å²) in [5.74, 6) is 1.24. The SMILES string of the molecule is CN1C[C@H]2C3(CCN(C(=O)C4CCOCC4)CC3)CC[C@@]2(C(=O)N(C)C)C1. The van der Waals surface area contributed by atoms with Crippen LogP contribution in [0.2, 0.25) is 0 Å². The van der Waals surface area contributed by atoms with Gasteiger partial charge in [-0.05, 0) is 56.9 Å². The molecule has 6 heteroatoms. The van der Waals surface area contributed by atoms with Gasteiger partial charge in [-0.15, -0.1) is 0 Å². The van der Waals surface area contributed by atoms with Gasteiger partial charge in [-0.2, -0.15) is 0 Å². The highest BCUT2D eigenvalue weighted by Crippen LogP contribution is 2.62. The van der Waals surface area contributed by atoms with Crippen LogP contribution in [0.15, 0.2) is 0 Å². The van der Waals surface area contributed by atoms with E-state index in [9.17, 15) is 9.59 Å². The molecule has 1 saturated carbocycles. The van der Waals surface area contributed by atoms with Crippen molar-refractivity contribution in [1.29, 1.82) is 0 Å². The molecule has 0 bridgehead atoms. The molecule has 0 unspecified atom stereocenters. The minimum absolute atomic E-state index is 0.156. The first kappa shape index (κ1) is 19.2. The lowest BCUT2D eigenvalue weighted by Gasteiger charge is -2.45. The summed E-state index contributed by atoms with van der Waals surface area (Å²) in [7, 11) is 5.94. The predicted octanol–water partition coefficient (Wildman–Crippen LogP) is 1.45. The van der Waals surface area contributed by atoms with E-state index in [1.165, 1.54) is 0 Å². The Balaban J connectivity index is 1.46. The molecule has 2 amide bonds. The van der Waals surface area contributed by atoms with E-state index in [2.05, 4.69) is 16.8 Å². The third-order valence-corrected chi connectivity index (χ3v) is 8.00. The number of hydrogen-bond donors (Lipinski definition) is 0. The molecule has 0 radical (unpaired) electrons. The third-order valence-electron chi connectivity index (χ3n) is 8.00. The summed E-state index contributed by atoms with van der Waals surface area (Å²) in [4.78, 5) is 32.3. The van der Waals surface area contributed by atoms with E-state index < -0.39 is 0 Å². The molecule has 0 aromatic rings. The number of carbonyl (C=O) groups excluding carboxylic acids is 2. The van der Waals surface area contributed by atoms with Crippen molar-refractivity contribution in [3.05, 3.63) is 0 Å². The van der Waals surface area contributed by atoms with E-state index in [0.29, 0.717) is 17.7 Å². The molecule has 4 fully saturated rings. The van der Waals surface area contributed by atoms with Crippen molar-refractivity contribution in [3.8, 4) is 0 Å². The standard InChI is InChI=1S/C21H35N3O3/c1-22(2)19(26)21-7-6-20(17(21)14-23(3)15-21)8-10-24(11-9-20)18(25)16-4-12-27-13-5-16/h16-17H,4-15H2,1-3H3/t17-,21+/m0/s1. The molecule has 4 aliphatic rings. The number of amides is 2. The molecule has 3 saturated heterocycles. The zero-order valence-corrected chi connectivity index (χ0v) is 17.2. The van der Waals surface area contributed by atoms with Gasteiger partial charge in [-0.3, -0.25) is 9.59 Å². The van der Waals surface area contributed by atoms with E-state index in [1.54, 1.807) is 4.90 Å². The van der Waals surface area contributed by atoms with Crippen LogP contribution in [-0.4, -0.2) is 87.0 Å². The van der Waals surface area contributed by atoms with Crippen LogP contribution in [0.3, 0.4) is 0 Å². The first-order valence-corrected chi connectivity index (χ1v) is 10.6. The van der Waals surface area contributed by atoms with Crippen molar-refractivity contribution < 1.29 is 14.3 Å². The lowest BCUT2D eigenvalue weighted by Crippen LogP contribution is -2.50. The number of hydrogen-bond acceptors (Lipinski definition) is 4. The highest BCUT2D eigenvalue weighted by molar-refractivity contribution is 5.84. The van der Waals surface area contributed by atoms with Crippen molar-refractivity contribution in [3.63, 3.8) is 0 Å². The Morgan fingerprint density at radius 2 is 1.70 bits per heavy atom. The minimum atomic E-state index is -0.203. The second-order valence-corrected chi connectivity index (χ2v) is 9.68. The van der Waals surface area contributed by atoms with Crippen molar-refractivity contribution in [2.45, 2.75) is 38.5 Å². The molecule has 1 aliphatic carbocycles. The van der Waals surface area contributed by atoms with Crippen LogP contribution in [0.1, 0.15) is 38.5 Å². The van der Waals surface area contributed by atoms with Crippen LogP contribution in [0, 0.1) is 22.7 Å². The molecule has 4 rings (SSSR count). The minimum Gasteiger partial charge on any atom is -0.381 e. The molecular weight excluding hydrogens is 342 g/mol. The number of carbonyl (C=O) groups is 2. The largest absolute Gasteiger partial charge is 0.381 e. The molecule has 27 heavy (non-hydrogen) atoms. The van der Waals surface area contributed by atoms with Gasteiger partial charge in [-0.25, -0.2) is 0 Å². The topological polar surface area (TPSA) is 53.1 Å². The summed E-state index contributed by atoms with van der Waals surface area (Å²) in [6.45, 7) is 5.08. The molecule has 2 atom stereocenters. The Kier molecular flexibility index (Phi) is 5.00. The molecule has 3 aliphatic heterocycles. The van der Waals surface area contributed by atoms with E-state index >= 15 is 0 Å². The van der Waals surface area contributed by atoms with Gasteiger partial charge in [0.2, 0.25) is 11.8 Å². The van der Waals surface area contributed by atoms with Crippen molar-refractivity contribution >= 4 is 11.8 Å². The van der Waals surface area contributed by atoms with Crippen LogP contribution in [0.25, 0.3) is 0 Å². The number of ether oxygens (including phenoxy) is 1. The van der Waals surface area contributed by atoms with Crippen LogP contribution in [-0.2, 0) is 14.3 Å². The van der Waals surface area contributed by atoms with Gasteiger partial charge in [0.25, 0.3) is 0 Å². The van der Waals surface area contributed by atoms with Crippen molar-refractivity contribution in [2.75, 3.05) is 60.5 Å². The van der Waals surface area contributed by atoms with Crippen LogP contribution >= 0.6 is 0 Å². The molecular formula is C21H35N3O3. The van der Waals surface area contributed by atoms with E-state index in [4.69, 9.17) is 4.74 Å². The third kappa shape index (κ3) is 3.09. The Bertz CT molecular complexity index is 593. The van der Waals surface area contributed by atoms with Gasteiger partial charge in [-0.1, -0.05) is 0 Å². The molecule has 1 spiro atoms. The number of fused-ring (bicyclic) bond motifs is 2. The van der Waals surface area contributed by atoms with Crippen LogP contribution < -0.4 is 0 Å². The van der Waals surface area contributed by atoms with Crippen LogP contribution in [0.4, 0.5) is 0 Å². The smallest absolute Gasteiger partial charge is 0.229 e. The molecule has 0 N–H and O–H groups in total. The van der Waals surface area contributed by atoms with Gasteiger partial charge >= 0.3 is 0 Å². The predicted molar refractivity (Wildman–Crippen MR) is 103 cm³/mol. The molecule has 152 valence electrons. The van der Waals surface area contributed by atoms with Gasteiger partial charge in [0.05, 0.1) is 5.41 Å². The summed E-state index contributed by atoms with van der Waals surface area (Å²) >= 11 is 0. The normalized spacial score (nSPS) is 34.0. The lowest BCUT2D eigenvalue weighted by molar-refractivity contribution is -0.144. The number of likely N-dealkylation sites (tertiary alicyclic amines) is 2. The fourth-order valence-corrected chi connectivity index (χ4v) is 6.56. The molecule has 0 aromatic carbocycles. The highest BCUT2D eigenvalue weighted by Gasteiger charge is 2.64. The second-order valence-electron chi connectivity index (χ2n) is 9.68. The fourth-order valence-electron chi connectivity index (χ4n) is 6.56. The maximum absolute atomic E-state index is 13.1. The summed E-state index contributed by atoms with van der Waals surface area (Å²) in [6.07, 6.45) is 6.01. The lowest BCUT2D eigenvalue weighted by atomic mass is 9.65. The average molecular weight is 378 g/mol. The highest BCUT2D eigenvalue weighted by atomic mass is 16.5. The zero-order valence-electron chi connectivity index (χ0n) is 17.2. The quantitative estimate of drug-likeness (QED) is 0.731. The summed E-state index contributed by atoms with van der Waals surface area (Å²) < 4.78 is 5.41. The first-order valence-electron chi connectivity index (χ1n) is 10.6. The summed E-state index contributed by atoms with van der Waals surface area (Å²) in [5.41, 5.74) is 0.0357. The number of rotatable bonds is 2. The van der Waals surface area contributed by atoms with E-state index in [-0.39, 0.29) is 16.7 Å². The first-order chi connectivity index (χ1) is 12.9. The second kappa shape index (κ2) is 7.03. The Hall–Kier alpha value is -1.14. The van der Waals surface area contributed by atoms with Crippen molar-refractivity contribution in [2.24, 2.45) is 22.7 Å². The van der Waals surface area contributed by atoms with Gasteiger partial charge in [0.15, 0.2) is 0 Å². The molecule has 6 nitrogen and oxygen atoms in total. The number of piperidine rings is 1. The van der Waals surface area contributed by atoms with Gasteiger partial charge < -0.3 is 19.4 Å². The monoisotopic (exact) mass is 377 g/mol. The zero-order chi connectivity index (χ0) is 19.2. The summed E-state index contributed by atoms with van der Waals surface area (Å²) in [5, 5.41) is 0. The number of nitrogens with zero attached hydrogens (tertiary/aromatic N) is 3. The maximum Gasteiger partial charge on any atom is 0.229 e. The average Bonchev–Trinajstić information content (AvgIpc) is 3.17. The Morgan fingerprint density at radius 3 is 2.33 bits per heavy atom. The fraction of sp³-hybridized carbons (Fsp3) is 0.905. The molecule has 3 heterocycles. The maximum atomic E-state index is 13.1.